The van der Waals surface area contributed by atoms with Crippen molar-refractivity contribution in [3.05, 3.63) is 57.8 Å². The van der Waals surface area contributed by atoms with Crippen LogP contribution in [0.2, 0.25) is 10.0 Å². The van der Waals surface area contributed by atoms with E-state index in [2.05, 4.69) is 10.3 Å². The molecule has 188 valence electrons. The van der Waals surface area contributed by atoms with Gasteiger partial charge in [0.15, 0.2) is 0 Å². The Morgan fingerprint density at radius 2 is 1.80 bits per heavy atom. The molecule has 0 radical (unpaired) electrons. The highest BCUT2D eigenvalue weighted by molar-refractivity contribution is 6.35. The number of aromatic nitrogens is 1. The van der Waals surface area contributed by atoms with Gasteiger partial charge in [-0.2, -0.15) is 0 Å². The van der Waals surface area contributed by atoms with Crippen LogP contribution < -0.4 is 10.1 Å². The first-order chi connectivity index (χ1) is 16.4. The number of hydrogen-bond acceptors (Lipinski definition) is 5. The summed E-state index contributed by atoms with van der Waals surface area (Å²) in [6.07, 6.45) is 2.13. The van der Waals surface area contributed by atoms with E-state index < -0.39 is 40.6 Å². The number of halogens is 2. The van der Waals surface area contributed by atoms with Gasteiger partial charge in [-0.3, -0.25) is 14.6 Å². The SMILES string of the molecule is CC1(C)[C@@H](C(=O)N[C@H](Cc2ccc(OCc3c(Cl)cccc3Cl)cn2)C(=O)O)CC[C@]1(C)C(=O)O. The summed E-state index contributed by atoms with van der Waals surface area (Å²) in [6.45, 7) is 5.25. The maximum absolute atomic E-state index is 13.0. The molecule has 1 saturated carbocycles. The molecule has 0 unspecified atom stereocenters. The van der Waals surface area contributed by atoms with Crippen molar-refractivity contribution in [2.24, 2.45) is 16.7 Å². The number of ether oxygens (including phenoxy) is 1. The van der Waals surface area contributed by atoms with Crippen molar-refractivity contribution in [1.29, 1.82) is 0 Å². The molecule has 1 fully saturated rings. The van der Waals surface area contributed by atoms with Crippen molar-refractivity contribution in [3.8, 4) is 5.75 Å². The fraction of sp³-hybridized carbons (Fsp3) is 0.440. The number of carboxylic acid groups (broad SMARTS) is 2. The van der Waals surface area contributed by atoms with Crippen molar-refractivity contribution in [2.45, 2.75) is 52.7 Å². The fourth-order valence-corrected chi connectivity index (χ4v) is 4.97. The highest BCUT2D eigenvalue weighted by atomic mass is 35.5. The zero-order valence-electron chi connectivity index (χ0n) is 19.7. The lowest BCUT2D eigenvalue weighted by Gasteiger charge is -2.38. The second kappa shape index (κ2) is 10.4. The molecule has 0 spiro atoms. The minimum atomic E-state index is -1.21. The number of amides is 1. The Morgan fingerprint density at radius 1 is 1.14 bits per heavy atom. The Labute approximate surface area is 213 Å². The summed E-state index contributed by atoms with van der Waals surface area (Å²) < 4.78 is 5.69. The molecule has 3 N–H and O–H groups in total. The van der Waals surface area contributed by atoms with Gasteiger partial charge in [-0.05, 0) is 49.4 Å². The van der Waals surface area contributed by atoms with E-state index in [1.54, 1.807) is 51.1 Å². The molecule has 0 bridgehead atoms. The van der Waals surface area contributed by atoms with E-state index in [4.69, 9.17) is 27.9 Å². The van der Waals surface area contributed by atoms with Crippen LogP contribution in [0.4, 0.5) is 0 Å². The largest absolute Gasteiger partial charge is 0.487 e. The number of hydrogen-bond donors (Lipinski definition) is 3. The van der Waals surface area contributed by atoms with Crippen LogP contribution in [0.5, 0.6) is 5.75 Å². The topological polar surface area (TPSA) is 126 Å². The lowest BCUT2D eigenvalue weighted by Crippen LogP contribution is -2.49. The number of carbonyl (C=O) groups is 3. The van der Waals surface area contributed by atoms with E-state index in [1.165, 1.54) is 6.20 Å². The summed E-state index contributed by atoms with van der Waals surface area (Å²) in [7, 11) is 0. The van der Waals surface area contributed by atoms with Crippen LogP contribution in [-0.4, -0.2) is 39.1 Å². The van der Waals surface area contributed by atoms with Crippen LogP contribution in [0, 0.1) is 16.7 Å². The lowest BCUT2D eigenvalue weighted by atomic mass is 9.65. The molecule has 1 amide bonds. The zero-order valence-corrected chi connectivity index (χ0v) is 21.2. The predicted molar refractivity (Wildman–Crippen MR) is 131 cm³/mol. The van der Waals surface area contributed by atoms with Crippen LogP contribution in [0.3, 0.4) is 0 Å². The van der Waals surface area contributed by atoms with Gasteiger partial charge in [-0.15, -0.1) is 0 Å². The van der Waals surface area contributed by atoms with Crippen LogP contribution >= 0.6 is 23.2 Å². The summed E-state index contributed by atoms with van der Waals surface area (Å²) in [5.41, 5.74) is -0.822. The first kappa shape index (κ1) is 26.8. The number of pyridine rings is 1. The normalized spacial score (nSPS) is 21.8. The van der Waals surface area contributed by atoms with Gasteiger partial charge in [0, 0.05) is 33.6 Å². The molecule has 1 aliphatic rings. The van der Waals surface area contributed by atoms with Crippen LogP contribution in [0.1, 0.15) is 44.9 Å². The molecule has 10 heteroatoms. The Kier molecular flexibility index (Phi) is 7.97. The number of carboxylic acids is 2. The standard InChI is InChI=1S/C25H28Cl2N2O6/c1-24(2)17(9-10-25(24,3)23(33)34)21(30)29-20(22(31)32)11-14-7-8-15(12-28-14)35-13-16-18(26)5-4-6-19(16)27/h4-8,12,17,20H,9-11,13H2,1-3H3,(H,29,30)(H,31,32)(H,33,34)/t17-,20-,25-/m1/s1. The first-order valence-corrected chi connectivity index (χ1v) is 11.9. The highest BCUT2D eigenvalue weighted by Gasteiger charge is 2.58. The first-order valence-electron chi connectivity index (χ1n) is 11.1. The number of rotatable bonds is 9. The van der Waals surface area contributed by atoms with Crippen LogP contribution in [-0.2, 0) is 27.4 Å². The monoisotopic (exact) mass is 522 g/mol. The lowest BCUT2D eigenvalue weighted by molar-refractivity contribution is -0.155. The molecule has 2 aromatic rings. The third kappa shape index (κ3) is 5.54. The molecule has 1 aliphatic carbocycles. The highest BCUT2D eigenvalue weighted by Crippen LogP contribution is 2.56. The van der Waals surface area contributed by atoms with Gasteiger partial charge in [-0.1, -0.05) is 43.1 Å². The zero-order chi connectivity index (χ0) is 26.0. The van der Waals surface area contributed by atoms with E-state index in [1.807, 2.05) is 0 Å². The number of benzene rings is 1. The fourth-order valence-electron chi connectivity index (χ4n) is 4.47. The number of nitrogens with zero attached hydrogens (tertiary/aromatic N) is 1. The molecule has 8 nitrogen and oxygen atoms in total. The van der Waals surface area contributed by atoms with E-state index >= 15 is 0 Å². The average Bonchev–Trinajstić information content (AvgIpc) is 3.03. The van der Waals surface area contributed by atoms with Gasteiger partial charge >= 0.3 is 11.9 Å². The summed E-state index contributed by atoms with van der Waals surface area (Å²) in [4.78, 5) is 40.9. The number of carbonyl (C=O) groups excluding carboxylic acids is 1. The Hall–Kier alpha value is -2.84. The van der Waals surface area contributed by atoms with Crippen molar-refractivity contribution in [2.75, 3.05) is 0 Å². The van der Waals surface area contributed by atoms with Gasteiger partial charge in [0.1, 0.15) is 18.4 Å². The molecule has 0 saturated heterocycles. The van der Waals surface area contributed by atoms with E-state index in [0.717, 1.165) is 0 Å². The van der Waals surface area contributed by atoms with Gasteiger partial charge in [0.2, 0.25) is 5.91 Å². The molecular weight excluding hydrogens is 495 g/mol. The van der Waals surface area contributed by atoms with E-state index in [0.29, 0.717) is 39.9 Å². The quantitative estimate of drug-likeness (QED) is 0.438. The predicted octanol–water partition coefficient (Wildman–Crippen LogP) is 4.61. The summed E-state index contributed by atoms with van der Waals surface area (Å²) in [5, 5.41) is 22.9. The number of aliphatic carboxylic acids is 2. The van der Waals surface area contributed by atoms with Crippen LogP contribution in [0.15, 0.2) is 36.5 Å². The summed E-state index contributed by atoms with van der Waals surface area (Å²) in [5.74, 6) is -2.81. The molecule has 1 aromatic carbocycles. The van der Waals surface area contributed by atoms with Crippen LogP contribution in [0.25, 0.3) is 0 Å². The van der Waals surface area contributed by atoms with Gasteiger partial charge in [0.05, 0.1) is 11.6 Å². The molecule has 35 heavy (non-hydrogen) atoms. The van der Waals surface area contributed by atoms with Crippen molar-refractivity contribution in [1.82, 2.24) is 10.3 Å². The Bertz CT molecular complexity index is 1100. The number of nitrogens with one attached hydrogen (secondary N) is 1. The minimum Gasteiger partial charge on any atom is -0.487 e. The molecule has 1 aromatic heterocycles. The molecule has 3 rings (SSSR count). The average molecular weight is 523 g/mol. The minimum absolute atomic E-state index is 0.0406. The summed E-state index contributed by atoms with van der Waals surface area (Å²) in [6, 6.07) is 7.21. The Morgan fingerprint density at radius 3 is 2.31 bits per heavy atom. The molecule has 3 atom stereocenters. The third-order valence-corrected chi connectivity index (χ3v) is 7.99. The van der Waals surface area contributed by atoms with E-state index in [9.17, 15) is 24.6 Å². The van der Waals surface area contributed by atoms with Crippen molar-refractivity contribution < 1.29 is 29.3 Å². The third-order valence-electron chi connectivity index (χ3n) is 7.29. The van der Waals surface area contributed by atoms with Gasteiger partial charge in [-0.25, -0.2) is 4.79 Å². The molecule has 1 heterocycles. The second-order valence-corrected chi connectivity index (χ2v) is 10.3. The maximum atomic E-state index is 13.0. The van der Waals surface area contributed by atoms with Crippen molar-refractivity contribution in [3.63, 3.8) is 0 Å². The van der Waals surface area contributed by atoms with E-state index in [-0.39, 0.29) is 13.0 Å². The maximum Gasteiger partial charge on any atom is 0.326 e. The smallest absolute Gasteiger partial charge is 0.326 e. The molecule has 0 aliphatic heterocycles. The Balaban J connectivity index is 1.64. The van der Waals surface area contributed by atoms with Gasteiger partial charge < -0.3 is 20.3 Å². The van der Waals surface area contributed by atoms with Crippen molar-refractivity contribution >= 4 is 41.0 Å². The molecular formula is C25H28Cl2N2O6. The second-order valence-electron chi connectivity index (χ2n) is 9.53. The summed E-state index contributed by atoms with van der Waals surface area (Å²) >= 11 is 12.3. The van der Waals surface area contributed by atoms with Gasteiger partial charge in [0.25, 0.3) is 0 Å².